The van der Waals surface area contributed by atoms with Crippen molar-refractivity contribution in [2.75, 3.05) is 0 Å². The fraction of sp³-hybridized carbons (Fsp3) is 0.0667. The van der Waals surface area contributed by atoms with Crippen molar-refractivity contribution in [2.24, 2.45) is 0 Å². The van der Waals surface area contributed by atoms with Crippen molar-refractivity contribution in [1.29, 1.82) is 0 Å². The number of nitrogens with zero attached hydrogens (tertiary/aromatic N) is 1. The number of halogens is 1. The summed E-state index contributed by atoms with van der Waals surface area (Å²) in [5.41, 5.74) is 1.79. The second kappa shape index (κ2) is 4.52. The van der Waals surface area contributed by atoms with Gasteiger partial charge in [-0.05, 0) is 30.7 Å². The van der Waals surface area contributed by atoms with Gasteiger partial charge in [-0.3, -0.25) is 0 Å². The second-order valence-corrected chi connectivity index (χ2v) is 4.66. The van der Waals surface area contributed by atoms with E-state index >= 15 is 0 Å². The van der Waals surface area contributed by atoms with Crippen molar-refractivity contribution in [3.63, 3.8) is 0 Å². The van der Waals surface area contributed by atoms with E-state index in [1.54, 1.807) is 18.2 Å². The van der Waals surface area contributed by atoms with Gasteiger partial charge in [0.2, 0.25) is 5.89 Å². The standard InChI is InChI=1S/C15H10ClNO2/c1-9-5-4-7-11-13(9)17-14(19-15(11)18)10-6-2-3-8-12(10)16/h2-8H,1H3. The van der Waals surface area contributed by atoms with Crippen LogP contribution in [-0.4, -0.2) is 4.98 Å². The van der Waals surface area contributed by atoms with Gasteiger partial charge >= 0.3 is 5.63 Å². The van der Waals surface area contributed by atoms with Gasteiger partial charge in [0.15, 0.2) is 0 Å². The van der Waals surface area contributed by atoms with Gasteiger partial charge in [0, 0.05) is 0 Å². The summed E-state index contributed by atoms with van der Waals surface area (Å²) in [6.07, 6.45) is 0. The molecule has 0 amide bonds. The van der Waals surface area contributed by atoms with Crippen molar-refractivity contribution in [2.45, 2.75) is 6.92 Å². The number of aryl methyl sites for hydroxylation is 1. The first-order valence-electron chi connectivity index (χ1n) is 5.82. The van der Waals surface area contributed by atoms with E-state index in [1.807, 2.05) is 31.2 Å². The summed E-state index contributed by atoms with van der Waals surface area (Å²) in [7, 11) is 0. The third-order valence-corrected chi connectivity index (χ3v) is 3.29. The van der Waals surface area contributed by atoms with E-state index < -0.39 is 5.63 Å². The van der Waals surface area contributed by atoms with Gasteiger partial charge in [0.1, 0.15) is 0 Å². The maximum atomic E-state index is 12.0. The molecule has 1 aromatic heterocycles. The summed E-state index contributed by atoms with van der Waals surface area (Å²) in [6.45, 7) is 1.91. The van der Waals surface area contributed by atoms with Crippen molar-refractivity contribution >= 4 is 22.5 Å². The van der Waals surface area contributed by atoms with Crippen LogP contribution in [0.25, 0.3) is 22.4 Å². The highest BCUT2D eigenvalue weighted by Gasteiger charge is 2.11. The van der Waals surface area contributed by atoms with Crippen molar-refractivity contribution in [3.8, 4) is 11.5 Å². The third-order valence-electron chi connectivity index (χ3n) is 2.96. The van der Waals surface area contributed by atoms with Crippen LogP contribution in [0.15, 0.2) is 51.7 Å². The number of para-hydroxylation sites is 1. The lowest BCUT2D eigenvalue weighted by atomic mass is 10.1. The second-order valence-electron chi connectivity index (χ2n) is 4.26. The van der Waals surface area contributed by atoms with Crippen LogP contribution in [0.1, 0.15) is 5.56 Å². The van der Waals surface area contributed by atoms with Crippen LogP contribution < -0.4 is 5.63 Å². The molecule has 0 aliphatic carbocycles. The molecule has 1 heterocycles. The molecule has 0 radical (unpaired) electrons. The molecular formula is C15H10ClNO2. The molecule has 0 fully saturated rings. The van der Waals surface area contributed by atoms with Crippen molar-refractivity contribution < 1.29 is 4.42 Å². The summed E-state index contributed by atoms with van der Waals surface area (Å²) in [4.78, 5) is 16.4. The Labute approximate surface area is 114 Å². The molecule has 19 heavy (non-hydrogen) atoms. The van der Waals surface area contributed by atoms with E-state index in [9.17, 15) is 4.79 Å². The fourth-order valence-corrected chi connectivity index (χ4v) is 2.21. The van der Waals surface area contributed by atoms with Crippen LogP contribution in [-0.2, 0) is 0 Å². The van der Waals surface area contributed by atoms with Crippen LogP contribution in [0.3, 0.4) is 0 Å². The highest BCUT2D eigenvalue weighted by molar-refractivity contribution is 6.33. The molecule has 94 valence electrons. The molecule has 0 spiro atoms. The van der Waals surface area contributed by atoms with Gasteiger partial charge in [-0.25, -0.2) is 9.78 Å². The molecule has 0 aliphatic rings. The van der Waals surface area contributed by atoms with E-state index in [0.29, 0.717) is 21.5 Å². The zero-order valence-corrected chi connectivity index (χ0v) is 10.9. The van der Waals surface area contributed by atoms with Gasteiger partial charge in [-0.15, -0.1) is 0 Å². The van der Waals surface area contributed by atoms with Gasteiger partial charge in [-0.1, -0.05) is 35.9 Å². The molecule has 0 unspecified atom stereocenters. The van der Waals surface area contributed by atoms with E-state index in [4.69, 9.17) is 16.0 Å². The lowest BCUT2D eigenvalue weighted by Crippen LogP contribution is -2.04. The molecule has 0 atom stereocenters. The van der Waals surface area contributed by atoms with Gasteiger partial charge in [0.05, 0.1) is 21.5 Å². The van der Waals surface area contributed by atoms with Crippen LogP contribution >= 0.6 is 11.6 Å². The topological polar surface area (TPSA) is 43.1 Å². The first-order chi connectivity index (χ1) is 9.16. The number of benzene rings is 2. The average molecular weight is 272 g/mol. The van der Waals surface area contributed by atoms with Gasteiger partial charge < -0.3 is 4.42 Å². The van der Waals surface area contributed by atoms with Crippen LogP contribution in [0.2, 0.25) is 5.02 Å². The maximum absolute atomic E-state index is 12.0. The summed E-state index contributed by atoms with van der Waals surface area (Å²) < 4.78 is 5.26. The molecule has 0 aliphatic heterocycles. The van der Waals surface area contributed by atoms with Crippen molar-refractivity contribution in [3.05, 3.63) is 63.5 Å². The maximum Gasteiger partial charge on any atom is 0.347 e. The molecule has 0 N–H and O–H groups in total. The highest BCUT2D eigenvalue weighted by Crippen LogP contribution is 2.26. The van der Waals surface area contributed by atoms with Gasteiger partial charge in [-0.2, -0.15) is 0 Å². The van der Waals surface area contributed by atoms with Crippen molar-refractivity contribution in [1.82, 2.24) is 4.98 Å². The van der Waals surface area contributed by atoms with E-state index in [1.165, 1.54) is 0 Å². The average Bonchev–Trinajstić information content (AvgIpc) is 2.40. The minimum absolute atomic E-state index is 0.248. The Morgan fingerprint density at radius 3 is 2.68 bits per heavy atom. The van der Waals surface area contributed by atoms with Crippen LogP contribution in [0, 0.1) is 6.92 Å². The Balaban J connectivity index is 2.36. The number of hydrogen-bond donors (Lipinski definition) is 0. The number of rotatable bonds is 1. The number of hydrogen-bond acceptors (Lipinski definition) is 3. The molecule has 3 aromatic rings. The minimum Gasteiger partial charge on any atom is -0.403 e. The largest absolute Gasteiger partial charge is 0.403 e. The zero-order valence-electron chi connectivity index (χ0n) is 10.2. The smallest absolute Gasteiger partial charge is 0.347 e. The van der Waals surface area contributed by atoms with E-state index in [0.717, 1.165) is 5.56 Å². The first kappa shape index (κ1) is 11.9. The normalized spacial score (nSPS) is 10.8. The zero-order chi connectivity index (χ0) is 13.4. The van der Waals surface area contributed by atoms with Gasteiger partial charge in [0.25, 0.3) is 0 Å². The quantitative estimate of drug-likeness (QED) is 0.676. The lowest BCUT2D eigenvalue weighted by molar-refractivity contribution is 0.518. The van der Waals surface area contributed by atoms with Crippen LogP contribution in [0.5, 0.6) is 0 Å². The molecule has 0 saturated carbocycles. The molecule has 3 rings (SSSR count). The van der Waals surface area contributed by atoms with E-state index in [2.05, 4.69) is 4.98 Å². The van der Waals surface area contributed by atoms with E-state index in [-0.39, 0.29) is 5.89 Å². The Kier molecular flexibility index (Phi) is 2.84. The monoisotopic (exact) mass is 271 g/mol. The summed E-state index contributed by atoms with van der Waals surface area (Å²) in [5, 5.41) is 0.988. The lowest BCUT2D eigenvalue weighted by Gasteiger charge is -2.04. The van der Waals surface area contributed by atoms with Crippen LogP contribution in [0.4, 0.5) is 0 Å². The summed E-state index contributed by atoms with van der Waals surface area (Å²) in [5.74, 6) is 0.248. The fourth-order valence-electron chi connectivity index (χ4n) is 1.99. The SMILES string of the molecule is Cc1cccc2c(=O)oc(-c3ccccc3Cl)nc12. The molecule has 0 bridgehead atoms. The molecule has 4 heteroatoms. The number of aromatic nitrogens is 1. The Bertz CT molecular complexity index is 824. The summed E-state index contributed by atoms with van der Waals surface area (Å²) >= 11 is 6.10. The first-order valence-corrected chi connectivity index (χ1v) is 6.20. The Morgan fingerprint density at radius 2 is 1.89 bits per heavy atom. The third kappa shape index (κ3) is 2.02. The number of fused-ring (bicyclic) bond motifs is 1. The predicted molar refractivity (Wildman–Crippen MR) is 75.5 cm³/mol. The molecule has 2 aromatic carbocycles. The molecule has 0 saturated heterocycles. The molecule has 3 nitrogen and oxygen atoms in total. The summed E-state index contributed by atoms with van der Waals surface area (Å²) in [6, 6.07) is 12.6. The Hall–Kier alpha value is -2.13. The highest BCUT2D eigenvalue weighted by atomic mass is 35.5. The molecular weight excluding hydrogens is 262 g/mol. The predicted octanol–water partition coefficient (Wildman–Crippen LogP) is 3.82. The Morgan fingerprint density at radius 1 is 1.11 bits per heavy atom. The minimum atomic E-state index is -0.399.